The van der Waals surface area contributed by atoms with Gasteiger partial charge in [-0.25, -0.2) is 4.79 Å². The zero-order valence-electron chi connectivity index (χ0n) is 25.3. The SMILES string of the molecule is CCCC(NC(C)=O)C(=O)[O-].O=C(COc1ccc([S+](c2ccccc2)c2ccccc2)cc1)OC1C2CC3C(=O)OC1C3C2. The van der Waals surface area contributed by atoms with E-state index in [9.17, 15) is 24.3 Å². The molecule has 45 heavy (non-hydrogen) atoms. The second-order valence-corrected chi connectivity index (χ2v) is 13.4. The van der Waals surface area contributed by atoms with Crippen LogP contribution in [0.1, 0.15) is 39.5 Å². The van der Waals surface area contributed by atoms with Crippen molar-refractivity contribution < 1.29 is 38.5 Å². The minimum absolute atomic E-state index is 0.0102. The fourth-order valence-electron chi connectivity index (χ4n) is 6.37. The Balaban J connectivity index is 0.000000314. The van der Waals surface area contributed by atoms with Crippen molar-refractivity contribution in [2.45, 2.75) is 72.5 Å². The Labute approximate surface area is 265 Å². The van der Waals surface area contributed by atoms with E-state index in [2.05, 4.69) is 66.0 Å². The number of ether oxygens (including phenoxy) is 3. The third kappa shape index (κ3) is 7.68. The van der Waals surface area contributed by atoms with Crippen molar-refractivity contribution in [1.29, 1.82) is 0 Å². The number of benzene rings is 3. The van der Waals surface area contributed by atoms with Crippen LogP contribution < -0.4 is 15.2 Å². The molecule has 2 aliphatic carbocycles. The molecule has 1 aliphatic heterocycles. The molecule has 2 saturated carbocycles. The molecule has 1 saturated heterocycles. The van der Waals surface area contributed by atoms with Gasteiger partial charge in [-0.15, -0.1) is 0 Å². The Bertz CT molecular complexity index is 1440. The van der Waals surface area contributed by atoms with Crippen molar-refractivity contribution in [3.8, 4) is 5.75 Å². The Morgan fingerprint density at radius 2 is 1.53 bits per heavy atom. The summed E-state index contributed by atoms with van der Waals surface area (Å²) in [5.41, 5.74) is 0. The summed E-state index contributed by atoms with van der Waals surface area (Å²) in [6.45, 7) is 2.96. The quantitative estimate of drug-likeness (QED) is 0.251. The van der Waals surface area contributed by atoms with Crippen LogP contribution in [0.3, 0.4) is 0 Å². The topological polar surface area (TPSA) is 131 Å². The van der Waals surface area contributed by atoms with Gasteiger partial charge in [0.1, 0.15) is 18.0 Å². The summed E-state index contributed by atoms with van der Waals surface area (Å²) < 4.78 is 16.9. The first-order valence-corrected chi connectivity index (χ1v) is 16.4. The molecule has 236 valence electrons. The van der Waals surface area contributed by atoms with Crippen molar-refractivity contribution in [2.24, 2.45) is 17.8 Å². The molecule has 3 aliphatic rings. The average Bonchev–Trinajstić information content (AvgIpc) is 3.67. The number of carboxylic acids is 1. The number of carbonyl (C=O) groups is 4. The predicted molar refractivity (Wildman–Crippen MR) is 164 cm³/mol. The fraction of sp³-hybridized carbons (Fsp3) is 0.371. The summed E-state index contributed by atoms with van der Waals surface area (Å²) in [5.74, 6) is -1.04. The number of rotatable bonds is 11. The van der Waals surface area contributed by atoms with Gasteiger partial charge in [0.05, 0.1) is 28.8 Å². The highest BCUT2D eigenvalue weighted by atomic mass is 32.2. The van der Waals surface area contributed by atoms with Crippen molar-refractivity contribution in [3.05, 3.63) is 84.9 Å². The Kier molecular flexibility index (Phi) is 10.4. The van der Waals surface area contributed by atoms with Crippen LogP contribution in [0.5, 0.6) is 5.75 Å². The molecule has 6 unspecified atom stereocenters. The molecular formula is C35H37NO8S. The average molecular weight is 632 g/mol. The molecule has 9 nitrogen and oxygen atoms in total. The maximum Gasteiger partial charge on any atom is 0.344 e. The molecular weight excluding hydrogens is 594 g/mol. The smallest absolute Gasteiger partial charge is 0.344 e. The summed E-state index contributed by atoms with van der Waals surface area (Å²) >= 11 is 0. The second-order valence-electron chi connectivity index (χ2n) is 11.4. The lowest BCUT2D eigenvalue weighted by Gasteiger charge is -2.25. The lowest BCUT2D eigenvalue weighted by atomic mass is 9.88. The van der Waals surface area contributed by atoms with Gasteiger partial charge >= 0.3 is 11.9 Å². The number of fused-ring (bicyclic) bond motifs is 1. The Morgan fingerprint density at radius 1 is 0.933 bits per heavy atom. The minimum Gasteiger partial charge on any atom is -0.548 e. The van der Waals surface area contributed by atoms with E-state index in [1.54, 1.807) is 0 Å². The lowest BCUT2D eigenvalue weighted by molar-refractivity contribution is -0.308. The molecule has 0 spiro atoms. The third-order valence-corrected chi connectivity index (χ3v) is 10.5. The maximum absolute atomic E-state index is 12.5. The van der Waals surface area contributed by atoms with E-state index in [1.807, 2.05) is 31.2 Å². The van der Waals surface area contributed by atoms with E-state index in [4.69, 9.17) is 14.2 Å². The summed E-state index contributed by atoms with van der Waals surface area (Å²) in [5, 5.41) is 12.6. The van der Waals surface area contributed by atoms with Crippen LogP contribution in [0, 0.1) is 17.8 Å². The molecule has 0 radical (unpaired) electrons. The van der Waals surface area contributed by atoms with E-state index in [-0.39, 0.29) is 59.3 Å². The molecule has 3 fully saturated rings. The van der Waals surface area contributed by atoms with Gasteiger partial charge < -0.3 is 29.4 Å². The van der Waals surface area contributed by atoms with Crippen molar-refractivity contribution in [1.82, 2.24) is 5.32 Å². The lowest BCUT2D eigenvalue weighted by Crippen LogP contribution is -2.47. The van der Waals surface area contributed by atoms with Crippen LogP contribution in [0.2, 0.25) is 0 Å². The maximum atomic E-state index is 12.5. The van der Waals surface area contributed by atoms with Crippen LogP contribution in [0.15, 0.2) is 99.6 Å². The van der Waals surface area contributed by atoms with E-state index in [0.717, 1.165) is 12.8 Å². The van der Waals surface area contributed by atoms with Gasteiger partial charge in [0.15, 0.2) is 21.3 Å². The molecule has 1 N–H and O–H groups in total. The van der Waals surface area contributed by atoms with Gasteiger partial charge in [0.25, 0.3) is 0 Å². The molecule has 2 bridgehead atoms. The molecule has 3 aromatic rings. The Hall–Kier alpha value is -4.31. The predicted octanol–water partition coefficient (Wildman–Crippen LogP) is 3.70. The monoisotopic (exact) mass is 631 g/mol. The van der Waals surface area contributed by atoms with Gasteiger partial charge in [0, 0.05) is 18.8 Å². The first-order valence-electron chi connectivity index (χ1n) is 15.2. The number of carbonyl (C=O) groups excluding carboxylic acids is 4. The number of aliphatic carboxylic acids is 1. The molecule has 6 atom stereocenters. The van der Waals surface area contributed by atoms with E-state index in [0.29, 0.717) is 18.6 Å². The number of nitrogens with one attached hydrogen (secondary N) is 1. The number of carboxylic acid groups (broad SMARTS) is 1. The zero-order chi connectivity index (χ0) is 31.9. The summed E-state index contributed by atoms with van der Waals surface area (Å²) in [6, 6.07) is 28.0. The largest absolute Gasteiger partial charge is 0.548 e. The summed E-state index contributed by atoms with van der Waals surface area (Å²) in [6.07, 6.45) is 2.20. The van der Waals surface area contributed by atoms with Crippen molar-refractivity contribution in [3.63, 3.8) is 0 Å². The fourth-order valence-corrected chi connectivity index (χ4v) is 8.45. The van der Waals surface area contributed by atoms with E-state index < -0.39 is 18.0 Å². The van der Waals surface area contributed by atoms with E-state index in [1.165, 1.54) is 21.6 Å². The third-order valence-electron chi connectivity index (χ3n) is 8.29. The van der Waals surface area contributed by atoms with Crippen LogP contribution in [-0.2, 0) is 39.5 Å². The number of amides is 1. The number of hydrogen-bond donors (Lipinski definition) is 1. The number of esters is 2. The van der Waals surface area contributed by atoms with Crippen LogP contribution in [-0.4, -0.2) is 48.7 Å². The zero-order valence-corrected chi connectivity index (χ0v) is 26.1. The summed E-state index contributed by atoms with van der Waals surface area (Å²) in [7, 11) is -0.233. The molecule has 0 aromatic heterocycles. The van der Waals surface area contributed by atoms with E-state index >= 15 is 0 Å². The standard InChI is InChI=1S/C28H25O5S.C7H13NO3/c29-25(32-26-18-15-23-24(16-18)28(30)33-27(23)26)17-31-19-11-13-22(14-12-19)34(20-7-3-1-4-8-20)21-9-5-2-6-10-21;1-3-4-6(7(10)11)8-5(2)9/h1-14,18,23-24,26-27H,15-17H2;6H,3-4H2,1-2H3,(H,8,9)(H,10,11)/q+1;/p-1. The highest BCUT2D eigenvalue weighted by molar-refractivity contribution is 7.97. The normalized spacial score (nSPS) is 23.0. The first kappa shape index (κ1) is 32.1. The highest BCUT2D eigenvalue weighted by Gasteiger charge is 2.63. The molecule has 6 rings (SSSR count). The van der Waals surface area contributed by atoms with Crippen LogP contribution in [0.25, 0.3) is 0 Å². The van der Waals surface area contributed by atoms with Gasteiger partial charge in [-0.3, -0.25) is 9.59 Å². The second kappa shape index (κ2) is 14.6. The van der Waals surface area contributed by atoms with Crippen molar-refractivity contribution in [2.75, 3.05) is 6.61 Å². The van der Waals surface area contributed by atoms with Gasteiger partial charge in [-0.05, 0) is 67.8 Å². The molecule has 10 heteroatoms. The van der Waals surface area contributed by atoms with Gasteiger partial charge in [-0.1, -0.05) is 49.7 Å². The first-order chi connectivity index (χ1) is 21.7. The van der Waals surface area contributed by atoms with Gasteiger partial charge in [0.2, 0.25) is 5.91 Å². The number of hydrogen-bond acceptors (Lipinski definition) is 8. The highest BCUT2D eigenvalue weighted by Crippen LogP contribution is 2.55. The van der Waals surface area contributed by atoms with Gasteiger partial charge in [-0.2, -0.15) is 0 Å². The van der Waals surface area contributed by atoms with Crippen molar-refractivity contribution >= 4 is 34.7 Å². The molecule has 1 heterocycles. The van der Waals surface area contributed by atoms with Crippen LogP contribution in [0.4, 0.5) is 0 Å². The summed E-state index contributed by atoms with van der Waals surface area (Å²) in [4.78, 5) is 48.8. The Morgan fingerprint density at radius 3 is 2.09 bits per heavy atom. The minimum atomic E-state index is -1.22. The molecule has 3 aromatic carbocycles. The molecule has 1 amide bonds. The van der Waals surface area contributed by atoms with Crippen LogP contribution >= 0.6 is 0 Å².